The standard InChI is InChI=1S/C40H35NS/c1-30-13-6-9-23-38(30)40-31(2)29-39(42-40)37-26-24-32(25-27-37)14-10-19-34-17-7-8-18-35(34)20-11-21-36(22-12-28-41)33-15-4-3-5-16-33/h3-29H,41H2,1-2H3/b14-10-,21-11-,28-12+,34-19-,35-20+,36-22+. The number of rotatable bonds is 8. The van der Waals surface area contributed by atoms with Gasteiger partial charge in [-0.2, -0.15) is 0 Å². The molecule has 42 heavy (non-hydrogen) atoms. The molecule has 0 spiro atoms. The Morgan fingerprint density at radius 1 is 0.667 bits per heavy atom. The van der Waals surface area contributed by atoms with E-state index in [-0.39, 0.29) is 0 Å². The zero-order valence-electron chi connectivity index (χ0n) is 24.1. The van der Waals surface area contributed by atoms with Gasteiger partial charge in [-0.25, -0.2) is 0 Å². The molecule has 1 nitrogen and oxygen atoms in total. The van der Waals surface area contributed by atoms with E-state index in [2.05, 4.69) is 141 Å². The van der Waals surface area contributed by atoms with Gasteiger partial charge in [0.15, 0.2) is 0 Å². The Morgan fingerprint density at radius 2 is 1.33 bits per heavy atom. The van der Waals surface area contributed by atoms with Gasteiger partial charge in [0.05, 0.1) is 0 Å². The molecule has 0 bridgehead atoms. The summed E-state index contributed by atoms with van der Waals surface area (Å²) in [4.78, 5) is 2.65. The summed E-state index contributed by atoms with van der Waals surface area (Å²) in [6.07, 6.45) is 18.2. The zero-order valence-corrected chi connectivity index (χ0v) is 24.9. The number of aryl methyl sites for hydroxylation is 2. The van der Waals surface area contributed by atoms with Gasteiger partial charge >= 0.3 is 0 Å². The van der Waals surface area contributed by atoms with Gasteiger partial charge in [0, 0.05) is 9.75 Å². The molecule has 1 aromatic heterocycles. The van der Waals surface area contributed by atoms with Crippen LogP contribution in [0.5, 0.6) is 0 Å². The smallest absolute Gasteiger partial charge is 0.0381 e. The van der Waals surface area contributed by atoms with Crippen LogP contribution in [0.4, 0.5) is 0 Å². The first-order valence-electron chi connectivity index (χ1n) is 14.1. The number of hydrogen-bond donors (Lipinski definition) is 1. The van der Waals surface area contributed by atoms with Gasteiger partial charge in [-0.15, -0.1) is 11.3 Å². The fourth-order valence-corrected chi connectivity index (χ4v) is 6.12. The highest BCUT2D eigenvalue weighted by molar-refractivity contribution is 7.19. The first kappa shape index (κ1) is 28.6. The molecule has 0 aliphatic carbocycles. The van der Waals surface area contributed by atoms with Crippen molar-refractivity contribution in [2.24, 2.45) is 5.73 Å². The molecule has 0 fully saturated rings. The van der Waals surface area contributed by atoms with Crippen molar-refractivity contribution in [1.29, 1.82) is 0 Å². The maximum Gasteiger partial charge on any atom is 0.0381 e. The van der Waals surface area contributed by atoms with Crippen molar-refractivity contribution in [3.8, 4) is 20.9 Å². The summed E-state index contributed by atoms with van der Waals surface area (Å²) in [6, 6.07) is 38.5. The lowest BCUT2D eigenvalue weighted by molar-refractivity contribution is 1.45. The normalized spacial score (nSPS) is 13.2. The van der Waals surface area contributed by atoms with Crippen molar-refractivity contribution in [1.82, 2.24) is 0 Å². The molecule has 0 unspecified atom stereocenters. The van der Waals surface area contributed by atoms with E-state index in [9.17, 15) is 0 Å². The maximum atomic E-state index is 5.58. The molecule has 5 aromatic rings. The summed E-state index contributed by atoms with van der Waals surface area (Å²) in [5, 5.41) is 2.33. The third-order valence-corrected chi connectivity index (χ3v) is 8.43. The van der Waals surface area contributed by atoms with Gasteiger partial charge in [0.2, 0.25) is 0 Å². The Balaban J connectivity index is 1.34. The third-order valence-electron chi connectivity index (χ3n) is 7.11. The largest absolute Gasteiger partial charge is 0.405 e. The second-order valence-corrected chi connectivity index (χ2v) is 11.2. The van der Waals surface area contributed by atoms with E-state index >= 15 is 0 Å². The van der Waals surface area contributed by atoms with Crippen LogP contribution in [0.2, 0.25) is 0 Å². The number of thiophene rings is 1. The predicted octanol–water partition coefficient (Wildman–Crippen LogP) is 9.09. The Bertz CT molecular complexity index is 1880. The van der Waals surface area contributed by atoms with E-state index < -0.39 is 0 Å². The van der Waals surface area contributed by atoms with Crippen LogP contribution in [-0.4, -0.2) is 0 Å². The van der Waals surface area contributed by atoms with Crippen molar-refractivity contribution in [3.63, 3.8) is 0 Å². The number of benzene rings is 4. The number of hydrogen-bond acceptors (Lipinski definition) is 2. The zero-order chi connectivity index (χ0) is 29.1. The summed E-state index contributed by atoms with van der Waals surface area (Å²) in [6.45, 7) is 4.39. The molecule has 0 saturated carbocycles. The molecule has 2 N–H and O–H groups in total. The Kier molecular flexibility index (Phi) is 9.61. The molecule has 0 saturated heterocycles. The second kappa shape index (κ2) is 14.1. The summed E-state index contributed by atoms with van der Waals surface area (Å²) < 4.78 is 0. The van der Waals surface area contributed by atoms with Crippen molar-refractivity contribution >= 4 is 35.1 Å². The molecule has 0 aliphatic heterocycles. The molecule has 2 heteroatoms. The van der Waals surface area contributed by atoms with E-state index in [0.29, 0.717) is 0 Å². The highest BCUT2D eigenvalue weighted by Gasteiger charge is 2.11. The van der Waals surface area contributed by atoms with Gasteiger partial charge in [0.25, 0.3) is 0 Å². The van der Waals surface area contributed by atoms with E-state index in [1.165, 1.54) is 42.8 Å². The highest BCUT2D eigenvalue weighted by Crippen LogP contribution is 2.39. The topological polar surface area (TPSA) is 26.0 Å². The van der Waals surface area contributed by atoms with E-state index in [1.54, 1.807) is 6.20 Å². The molecule has 0 aliphatic rings. The molecular formula is C40H35NS. The van der Waals surface area contributed by atoms with Gasteiger partial charge < -0.3 is 5.73 Å². The van der Waals surface area contributed by atoms with Crippen molar-refractivity contribution in [2.45, 2.75) is 13.8 Å². The maximum absolute atomic E-state index is 5.58. The van der Waals surface area contributed by atoms with Crippen LogP contribution in [0.3, 0.4) is 0 Å². The summed E-state index contributed by atoms with van der Waals surface area (Å²) in [5.74, 6) is 0. The molecule has 0 radical (unpaired) electrons. The van der Waals surface area contributed by atoms with Crippen molar-refractivity contribution in [3.05, 3.63) is 178 Å². The molecule has 5 rings (SSSR count). The third kappa shape index (κ3) is 7.23. The van der Waals surface area contributed by atoms with Gasteiger partial charge in [-0.3, -0.25) is 0 Å². The van der Waals surface area contributed by atoms with Crippen LogP contribution in [0, 0.1) is 13.8 Å². The molecule has 0 atom stereocenters. The van der Waals surface area contributed by atoms with Crippen LogP contribution in [0.15, 0.2) is 146 Å². The molecule has 1 heterocycles. The highest BCUT2D eigenvalue weighted by atomic mass is 32.1. The molecular weight excluding hydrogens is 527 g/mol. The first-order valence-corrected chi connectivity index (χ1v) is 15.0. The van der Waals surface area contributed by atoms with Gasteiger partial charge in [-0.05, 0) is 81.6 Å². The minimum absolute atomic E-state index is 1.10. The van der Waals surface area contributed by atoms with Crippen LogP contribution >= 0.6 is 11.3 Å². The Morgan fingerprint density at radius 3 is 2.05 bits per heavy atom. The van der Waals surface area contributed by atoms with E-state index in [4.69, 9.17) is 5.73 Å². The van der Waals surface area contributed by atoms with Gasteiger partial charge in [-0.1, -0.05) is 146 Å². The van der Waals surface area contributed by atoms with Crippen LogP contribution in [-0.2, 0) is 0 Å². The quantitative estimate of drug-likeness (QED) is 0.188. The van der Waals surface area contributed by atoms with Crippen LogP contribution in [0.25, 0.3) is 44.7 Å². The van der Waals surface area contributed by atoms with E-state index in [0.717, 1.165) is 16.4 Å². The summed E-state index contributed by atoms with van der Waals surface area (Å²) >= 11 is 1.87. The minimum atomic E-state index is 1.10. The van der Waals surface area contributed by atoms with Crippen LogP contribution in [0.1, 0.15) is 22.3 Å². The lowest BCUT2D eigenvalue weighted by Gasteiger charge is -2.03. The average molecular weight is 562 g/mol. The second-order valence-electron chi connectivity index (χ2n) is 10.1. The summed E-state index contributed by atoms with van der Waals surface area (Å²) in [5.41, 5.74) is 14.2. The fourth-order valence-electron chi connectivity index (χ4n) is 4.85. The van der Waals surface area contributed by atoms with Gasteiger partial charge in [0.1, 0.15) is 0 Å². The van der Waals surface area contributed by atoms with Crippen molar-refractivity contribution < 1.29 is 0 Å². The Hall–Kier alpha value is -4.92. The van der Waals surface area contributed by atoms with E-state index in [1.807, 2.05) is 41.7 Å². The predicted molar refractivity (Wildman–Crippen MR) is 185 cm³/mol. The minimum Gasteiger partial charge on any atom is -0.405 e. The number of nitrogens with two attached hydrogens (primary N) is 1. The lowest BCUT2D eigenvalue weighted by Crippen LogP contribution is -2.22. The van der Waals surface area contributed by atoms with Crippen molar-refractivity contribution in [2.75, 3.05) is 0 Å². The fraction of sp³-hybridized carbons (Fsp3) is 0.0500. The molecule has 4 aromatic carbocycles. The SMILES string of the molecule is Cc1ccccc1-c1sc(-c2ccc(\C=C/C=c3/cccc/c3=C\C=C/C(=C\C=C\N)c3ccccc3)cc2)cc1C. The average Bonchev–Trinajstić information content (AvgIpc) is 3.41. The lowest BCUT2D eigenvalue weighted by atomic mass is 10.0. The molecule has 206 valence electrons. The summed E-state index contributed by atoms with van der Waals surface area (Å²) in [7, 11) is 0. The van der Waals surface area contributed by atoms with Crippen LogP contribution < -0.4 is 16.2 Å². The monoisotopic (exact) mass is 561 g/mol. The Labute approximate surface area is 253 Å². The first-order chi connectivity index (χ1) is 20.6. The number of allylic oxidation sites excluding steroid dienone is 6. The molecule has 0 amide bonds.